The van der Waals surface area contributed by atoms with Crippen molar-refractivity contribution in [3.8, 4) is 17.2 Å². The molecule has 0 atom stereocenters. The van der Waals surface area contributed by atoms with Gasteiger partial charge in [0.2, 0.25) is 0 Å². The van der Waals surface area contributed by atoms with Gasteiger partial charge < -0.3 is 19.5 Å². The molecular formula is C15H14ClNO3. The van der Waals surface area contributed by atoms with E-state index in [9.17, 15) is 0 Å². The van der Waals surface area contributed by atoms with Gasteiger partial charge in [-0.1, -0.05) is 11.6 Å². The monoisotopic (exact) mass is 291 g/mol. The first-order valence-corrected chi connectivity index (χ1v) is 6.64. The number of anilines is 2. The maximum atomic E-state index is 6.10. The fraction of sp³-hybridized carbons (Fsp3) is 0.200. The Bertz CT molecular complexity index is 631. The van der Waals surface area contributed by atoms with Gasteiger partial charge in [-0.2, -0.15) is 0 Å². The van der Waals surface area contributed by atoms with Gasteiger partial charge in [-0.05, 0) is 30.3 Å². The van der Waals surface area contributed by atoms with Gasteiger partial charge in [0.05, 0.1) is 12.1 Å². The molecule has 1 N–H and O–H groups in total. The summed E-state index contributed by atoms with van der Waals surface area (Å²) in [6.45, 7) is 1.17. The third-order valence-corrected chi connectivity index (χ3v) is 3.28. The Kier molecular flexibility index (Phi) is 3.56. The topological polar surface area (TPSA) is 39.7 Å². The van der Waals surface area contributed by atoms with E-state index in [2.05, 4.69) is 5.32 Å². The van der Waals surface area contributed by atoms with Gasteiger partial charge in [-0.15, -0.1) is 0 Å². The first-order valence-electron chi connectivity index (χ1n) is 6.26. The van der Waals surface area contributed by atoms with Gasteiger partial charge in [0, 0.05) is 17.4 Å². The molecule has 0 radical (unpaired) electrons. The number of benzene rings is 2. The van der Waals surface area contributed by atoms with Crippen molar-refractivity contribution in [1.29, 1.82) is 0 Å². The molecule has 5 heteroatoms. The highest BCUT2D eigenvalue weighted by Gasteiger charge is 2.12. The zero-order valence-corrected chi connectivity index (χ0v) is 11.7. The molecule has 2 aromatic carbocycles. The Morgan fingerprint density at radius 1 is 1.00 bits per heavy atom. The van der Waals surface area contributed by atoms with Crippen molar-refractivity contribution in [2.75, 3.05) is 25.6 Å². The van der Waals surface area contributed by atoms with E-state index in [1.165, 1.54) is 0 Å². The number of hydrogen-bond acceptors (Lipinski definition) is 4. The molecule has 1 aliphatic rings. The normalized spacial score (nSPS) is 12.9. The third-order valence-electron chi connectivity index (χ3n) is 2.98. The molecule has 3 rings (SSSR count). The summed E-state index contributed by atoms with van der Waals surface area (Å²) < 4.78 is 16.2. The Morgan fingerprint density at radius 2 is 1.70 bits per heavy atom. The average molecular weight is 292 g/mol. The number of halogens is 1. The second-order valence-corrected chi connectivity index (χ2v) is 4.74. The van der Waals surface area contributed by atoms with Crippen LogP contribution in [-0.2, 0) is 0 Å². The van der Waals surface area contributed by atoms with Crippen molar-refractivity contribution in [2.24, 2.45) is 0 Å². The Hall–Kier alpha value is -2.07. The molecule has 0 saturated heterocycles. The minimum Gasteiger partial charge on any atom is -0.495 e. The van der Waals surface area contributed by atoms with E-state index in [4.69, 9.17) is 25.8 Å². The van der Waals surface area contributed by atoms with E-state index in [0.717, 1.165) is 22.9 Å². The Labute approximate surface area is 122 Å². The van der Waals surface area contributed by atoms with Gasteiger partial charge in [-0.25, -0.2) is 0 Å². The van der Waals surface area contributed by atoms with Gasteiger partial charge in [-0.3, -0.25) is 0 Å². The summed E-state index contributed by atoms with van der Waals surface area (Å²) in [6, 6.07) is 11.3. The van der Waals surface area contributed by atoms with Crippen molar-refractivity contribution in [3.05, 3.63) is 41.4 Å². The van der Waals surface area contributed by atoms with Crippen molar-refractivity contribution in [1.82, 2.24) is 0 Å². The van der Waals surface area contributed by atoms with Gasteiger partial charge in [0.15, 0.2) is 11.5 Å². The molecular weight excluding hydrogens is 278 g/mol. The van der Waals surface area contributed by atoms with E-state index >= 15 is 0 Å². The summed E-state index contributed by atoms with van der Waals surface area (Å²) in [5, 5.41) is 3.84. The smallest absolute Gasteiger partial charge is 0.163 e. The van der Waals surface area contributed by atoms with Crippen LogP contribution in [0.15, 0.2) is 36.4 Å². The van der Waals surface area contributed by atoms with Crippen molar-refractivity contribution in [2.45, 2.75) is 0 Å². The first kappa shape index (κ1) is 12.9. The predicted molar refractivity (Wildman–Crippen MR) is 78.7 cm³/mol. The van der Waals surface area contributed by atoms with Gasteiger partial charge in [0.1, 0.15) is 19.0 Å². The number of ether oxygens (including phenoxy) is 3. The van der Waals surface area contributed by atoms with Crippen molar-refractivity contribution < 1.29 is 14.2 Å². The molecule has 0 unspecified atom stereocenters. The first-order chi connectivity index (χ1) is 9.76. The molecule has 0 aliphatic carbocycles. The number of hydrogen-bond donors (Lipinski definition) is 1. The van der Waals surface area contributed by atoms with Crippen LogP contribution in [0.4, 0.5) is 11.4 Å². The van der Waals surface area contributed by atoms with Crippen LogP contribution in [0.25, 0.3) is 0 Å². The molecule has 20 heavy (non-hydrogen) atoms. The van der Waals surface area contributed by atoms with Crippen LogP contribution >= 0.6 is 11.6 Å². The fourth-order valence-corrected chi connectivity index (χ4v) is 2.29. The molecule has 1 aliphatic heterocycles. The summed E-state index contributed by atoms with van der Waals surface area (Å²) in [7, 11) is 1.59. The summed E-state index contributed by atoms with van der Waals surface area (Å²) in [5.41, 5.74) is 1.79. The van der Waals surface area contributed by atoms with Gasteiger partial charge >= 0.3 is 0 Å². The van der Waals surface area contributed by atoms with E-state index < -0.39 is 0 Å². The standard InChI is InChI=1S/C15H14ClNO3/c1-18-13-4-2-10(8-12(13)16)17-11-3-5-14-15(9-11)20-7-6-19-14/h2-5,8-9,17H,6-7H2,1H3. The maximum absolute atomic E-state index is 6.10. The average Bonchev–Trinajstić information content (AvgIpc) is 2.47. The SMILES string of the molecule is COc1ccc(Nc2ccc3c(c2)OCCO3)cc1Cl. The van der Waals surface area contributed by atoms with E-state index in [1.807, 2.05) is 36.4 Å². The molecule has 0 spiro atoms. The van der Waals surface area contributed by atoms with Crippen molar-refractivity contribution >= 4 is 23.0 Å². The summed E-state index contributed by atoms with van der Waals surface area (Å²) >= 11 is 6.10. The number of rotatable bonds is 3. The molecule has 0 bridgehead atoms. The molecule has 1 heterocycles. The van der Waals surface area contributed by atoms with Crippen LogP contribution in [-0.4, -0.2) is 20.3 Å². The van der Waals surface area contributed by atoms with Crippen LogP contribution in [0, 0.1) is 0 Å². The van der Waals surface area contributed by atoms with Gasteiger partial charge in [0.25, 0.3) is 0 Å². The zero-order chi connectivity index (χ0) is 13.9. The lowest BCUT2D eigenvalue weighted by Crippen LogP contribution is -2.15. The van der Waals surface area contributed by atoms with E-state index in [0.29, 0.717) is 24.0 Å². The molecule has 104 valence electrons. The maximum Gasteiger partial charge on any atom is 0.163 e. The number of nitrogens with one attached hydrogen (secondary N) is 1. The Morgan fingerprint density at radius 3 is 2.45 bits per heavy atom. The predicted octanol–water partition coefficient (Wildman–Crippen LogP) is 3.86. The minimum absolute atomic E-state index is 0.565. The second kappa shape index (κ2) is 5.51. The highest BCUT2D eigenvalue weighted by molar-refractivity contribution is 6.32. The molecule has 2 aromatic rings. The van der Waals surface area contributed by atoms with E-state index in [-0.39, 0.29) is 0 Å². The van der Waals surface area contributed by atoms with E-state index in [1.54, 1.807) is 7.11 Å². The van der Waals surface area contributed by atoms with Crippen LogP contribution in [0.5, 0.6) is 17.2 Å². The molecule has 4 nitrogen and oxygen atoms in total. The minimum atomic E-state index is 0.565. The lowest BCUT2D eigenvalue weighted by atomic mass is 10.2. The Balaban J connectivity index is 1.82. The number of methoxy groups -OCH3 is 1. The lowest BCUT2D eigenvalue weighted by Gasteiger charge is -2.19. The molecule has 0 fully saturated rings. The largest absolute Gasteiger partial charge is 0.495 e. The summed E-state index contributed by atoms with van der Waals surface area (Å²) in [4.78, 5) is 0. The highest BCUT2D eigenvalue weighted by atomic mass is 35.5. The second-order valence-electron chi connectivity index (χ2n) is 4.33. The van der Waals surface area contributed by atoms with Crippen LogP contribution in [0.1, 0.15) is 0 Å². The number of fused-ring (bicyclic) bond motifs is 1. The third kappa shape index (κ3) is 2.60. The van der Waals surface area contributed by atoms with Crippen LogP contribution in [0.3, 0.4) is 0 Å². The fourth-order valence-electron chi connectivity index (χ4n) is 2.03. The van der Waals surface area contributed by atoms with Crippen LogP contribution < -0.4 is 19.5 Å². The molecule has 0 aromatic heterocycles. The highest BCUT2D eigenvalue weighted by Crippen LogP contribution is 2.34. The summed E-state index contributed by atoms with van der Waals surface area (Å²) in [5.74, 6) is 2.18. The molecule has 0 amide bonds. The molecule has 0 saturated carbocycles. The van der Waals surface area contributed by atoms with Crippen molar-refractivity contribution in [3.63, 3.8) is 0 Å². The lowest BCUT2D eigenvalue weighted by molar-refractivity contribution is 0.171. The summed E-state index contributed by atoms with van der Waals surface area (Å²) in [6.07, 6.45) is 0. The quantitative estimate of drug-likeness (QED) is 0.932. The zero-order valence-electron chi connectivity index (χ0n) is 11.0. The van der Waals surface area contributed by atoms with Crippen LogP contribution in [0.2, 0.25) is 5.02 Å².